The molecule has 1 aromatic heterocycles. The monoisotopic (exact) mass is 271 g/mol. The summed E-state index contributed by atoms with van der Waals surface area (Å²) in [7, 11) is 0. The van der Waals surface area contributed by atoms with Gasteiger partial charge >= 0.3 is 0 Å². The highest BCUT2D eigenvalue weighted by atomic mass is 19.1. The number of aliphatic hydroxyl groups is 1. The highest BCUT2D eigenvalue weighted by Gasteiger charge is 2.26. The largest absolute Gasteiger partial charge is 0.396 e. The first-order valence-electron chi connectivity index (χ1n) is 6.61. The van der Waals surface area contributed by atoms with Gasteiger partial charge in [0.2, 0.25) is 0 Å². The molecule has 1 aliphatic heterocycles. The summed E-state index contributed by atoms with van der Waals surface area (Å²) < 4.78 is 27.4. The maximum Gasteiger partial charge on any atom is 0.168 e. The van der Waals surface area contributed by atoms with E-state index in [1.165, 1.54) is 0 Å². The molecule has 2 N–H and O–H groups in total. The van der Waals surface area contributed by atoms with Crippen molar-refractivity contribution in [3.63, 3.8) is 0 Å². The van der Waals surface area contributed by atoms with E-state index in [1.807, 2.05) is 6.92 Å². The first-order valence-corrected chi connectivity index (χ1v) is 6.61. The van der Waals surface area contributed by atoms with Gasteiger partial charge in [-0.2, -0.15) is 0 Å². The highest BCUT2D eigenvalue weighted by molar-refractivity contribution is 5.50. The molecular formula is C13H19F2N3O. The van der Waals surface area contributed by atoms with Crippen LogP contribution in [0.15, 0.2) is 6.07 Å². The molecule has 1 aromatic rings. The molecule has 2 heterocycles. The van der Waals surface area contributed by atoms with E-state index in [0.29, 0.717) is 19.6 Å². The molecule has 0 aliphatic carbocycles. The lowest BCUT2D eigenvalue weighted by molar-refractivity contribution is 0.238. The molecule has 0 bridgehead atoms. The number of aromatic nitrogens is 1. The second-order valence-electron chi connectivity index (χ2n) is 4.83. The van der Waals surface area contributed by atoms with Gasteiger partial charge in [-0.1, -0.05) is 6.92 Å². The van der Waals surface area contributed by atoms with Gasteiger partial charge in [-0.3, -0.25) is 0 Å². The topological polar surface area (TPSA) is 48.4 Å². The average molecular weight is 271 g/mol. The molecule has 106 valence electrons. The molecule has 1 fully saturated rings. The SMILES string of the molecule is CCCNc1nc(N2CCC(CO)C2)c(F)cc1F. The number of hydrogen-bond acceptors (Lipinski definition) is 4. The Morgan fingerprint density at radius 3 is 2.89 bits per heavy atom. The Morgan fingerprint density at radius 2 is 2.26 bits per heavy atom. The molecule has 0 saturated carbocycles. The van der Waals surface area contributed by atoms with Gasteiger partial charge in [0.25, 0.3) is 0 Å². The quantitative estimate of drug-likeness (QED) is 0.860. The van der Waals surface area contributed by atoms with Crippen LogP contribution < -0.4 is 10.2 Å². The summed E-state index contributed by atoms with van der Waals surface area (Å²) in [5.74, 6) is -0.939. The summed E-state index contributed by atoms with van der Waals surface area (Å²) in [4.78, 5) is 5.80. The molecule has 4 nitrogen and oxygen atoms in total. The smallest absolute Gasteiger partial charge is 0.168 e. The van der Waals surface area contributed by atoms with E-state index in [0.717, 1.165) is 18.9 Å². The van der Waals surface area contributed by atoms with Crippen LogP contribution in [-0.4, -0.2) is 36.3 Å². The Bertz CT molecular complexity index is 442. The Hall–Kier alpha value is -1.43. The van der Waals surface area contributed by atoms with Crippen LogP contribution in [0.5, 0.6) is 0 Å². The fourth-order valence-electron chi connectivity index (χ4n) is 2.22. The predicted molar refractivity (Wildman–Crippen MR) is 70.3 cm³/mol. The van der Waals surface area contributed by atoms with Crippen LogP contribution >= 0.6 is 0 Å². The molecule has 2 rings (SSSR count). The Morgan fingerprint density at radius 1 is 1.47 bits per heavy atom. The van der Waals surface area contributed by atoms with Crippen molar-refractivity contribution in [2.75, 3.05) is 36.5 Å². The van der Waals surface area contributed by atoms with Crippen LogP contribution in [0.3, 0.4) is 0 Å². The fourth-order valence-corrected chi connectivity index (χ4v) is 2.22. The van der Waals surface area contributed by atoms with Gasteiger partial charge in [-0.15, -0.1) is 0 Å². The third kappa shape index (κ3) is 3.12. The van der Waals surface area contributed by atoms with Crippen LogP contribution in [0.2, 0.25) is 0 Å². The molecule has 1 saturated heterocycles. The minimum atomic E-state index is -0.674. The molecule has 1 unspecified atom stereocenters. The highest BCUT2D eigenvalue weighted by Crippen LogP contribution is 2.27. The van der Waals surface area contributed by atoms with Crippen LogP contribution in [0.4, 0.5) is 20.4 Å². The maximum absolute atomic E-state index is 13.8. The van der Waals surface area contributed by atoms with Gasteiger partial charge in [-0.25, -0.2) is 13.8 Å². The molecule has 0 radical (unpaired) electrons. The Balaban J connectivity index is 2.20. The Kier molecular flexibility index (Phi) is 4.52. The number of nitrogens with zero attached hydrogens (tertiary/aromatic N) is 2. The van der Waals surface area contributed by atoms with Gasteiger partial charge < -0.3 is 15.3 Å². The molecule has 0 spiro atoms. The molecule has 1 aliphatic rings. The van der Waals surface area contributed by atoms with Crippen molar-refractivity contribution < 1.29 is 13.9 Å². The summed E-state index contributed by atoms with van der Waals surface area (Å²) in [5.41, 5.74) is 0. The zero-order valence-electron chi connectivity index (χ0n) is 11.0. The first kappa shape index (κ1) is 14.0. The summed E-state index contributed by atoms with van der Waals surface area (Å²) in [6, 6.07) is 0.868. The zero-order valence-corrected chi connectivity index (χ0v) is 11.0. The summed E-state index contributed by atoms with van der Waals surface area (Å²) >= 11 is 0. The lowest BCUT2D eigenvalue weighted by atomic mass is 10.1. The van der Waals surface area contributed by atoms with E-state index >= 15 is 0 Å². The van der Waals surface area contributed by atoms with Crippen molar-refractivity contribution in [2.45, 2.75) is 19.8 Å². The third-order valence-corrected chi connectivity index (χ3v) is 3.30. The molecule has 19 heavy (non-hydrogen) atoms. The van der Waals surface area contributed by atoms with Crippen LogP contribution in [-0.2, 0) is 0 Å². The van der Waals surface area contributed by atoms with Crippen LogP contribution in [0.25, 0.3) is 0 Å². The molecular weight excluding hydrogens is 252 g/mol. The van der Waals surface area contributed by atoms with Crippen molar-refractivity contribution in [3.8, 4) is 0 Å². The molecule has 1 atom stereocenters. The van der Waals surface area contributed by atoms with Crippen LogP contribution in [0.1, 0.15) is 19.8 Å². The standard InChI is InChI=1S/C13H19F2N3O/c1-2-4-16-12-10(14)6-11(15)13(17-12)18-5-3-9(7-18)8-19/h6,9,19H,2-5,7-8H2,1H3,(H,16,17). The minimum Gasteiger partial charge on any atom is -0.396 e. The van der Waals surface area contributed by atoms with Crippen molar-refractivity contribution >= 4 is 11.6 Å². The van der Waals surface area contributed by atoms with Crippen LogP contribution in [0, 0.1) is 17.6 Å². The van der Waals surface area contributed by atoms with E-state index in [-0.39, 0.29) is 24.2 Å². The van der Waals surface area contributed by atoms with E-state index in [4.69, 9.17) is 5.11 Å². The second-order valence-corrected chi connectivity index (χ2v) is 4.83. The van der Waals surface area contributed by atoms with Crippen molar-refractivity contribution in [1.82, 2.24) is 4.98 Å². The van der Waals surface area contributed by atoms with E-state index in [1.54, 1.807) is 4.90 Å². The predicted octanol–water partition coefficient (Wildman–Crippen LogP) is 2.00. The molecule has 0 amide bonds. The van der Waals surface area contributed by atoms with Crippen molar-refractivity contribution in [2.24, 2.45) is 5.92 Å². The van der Waals surface area contributed by atoms with Crippen molar-refractivity contribution in [3.05, 3.63) is 17.7 Å². The van der Waals surface area contributed by atoms with Gasteiger partial charge in [0.1, 0.15) is 0 Å². The van der Waals surface area contributed by atoms with Gasteiger partial charge in [0.05, 0.1) is 0 Å². The number of halogens is 2. The number of aliphatic hydroxyl groups excluding tert-OH is 1. The van der Waals surface area contributed by atoms with E-state index in [9.17, 15) is 8.78 Å². The lowest BCUT2D eigenvalue weighted by Crippen LogP contribution is -2.23. The number of anilines is 2. The molecule has 0 aromatic carbocycles. The minimum absolute atomic E-state index is 0.0836. The zero-order chi connectivity index (χ0) is 13.8. The Labute approximate surface area is 111 Å². The normalized spacial score (nSPS) is 18.9. The summed E-state index contributed by atoms with van der Waals surface area (Å²) in [5, 5.41) is 12.0. The third-order valence-electron chi connectivity index (χ3n) is 3.30. The lowest BCUT2D eigenvalue weighted by Gasteiger charge is -2.19. The number of rotatable bonds is 5. The summed E-state index contributed by atoms with van der Waals surface area (Å²) in [6.07, 6.45) is 1.64. The van der Waals surface area contributed by atoms with Gasteiger partial charge in [0, 0.05) is 38.2 Å². The number of pyridine rings is 1. The summed E-state index contributed by atoms with van der Waals surface area (Å²) in [6.45, 7) is 3.82. The number of hydrogen-bond donors (Lipinski definition) is 2. The fraction of sp³-hybridized carbons (Fsp3) is 0.615. The first-order chi connectivity index (χ1) is 9.15. The van der Waals surface area contributed by atoms with Crippen molar-refractivity contribution in [1.29, 1.82) is 0 Å². The number of nitrogens with one attached hydrogen (secondary N) is 1. The van der Waals surface area contributed by atoms with Gasteiger partial charge in [-0.05, 0) is 12.8 Å². The van der Waals surface area contributed by atoms with Gasteiger partial charge in [0.15, 0.2) is 23.3 Å². The second kappa shape index (κ2) is 6.14. The molecule has 6 heteroatoms. The maximum atomic E-state index is 13.8. The average Bonchev–Trinajstić information content (AvgIpc) is 2.86. The van der Waals surface area contributed by atoms with E-state index < -0.39 is 11.6 Å². The van der Waals surface area contributed by atoms with E-state index in [2.05, 4.69) is 10.3 Å².